The highest BCUT2D eigenvalue weighted by molar-refractivity contribution is 6.33. The van der Waals surface area contributed by atoms with Crippen molar-refractivity contribution in [3.8, 4) is 0 Å². The zero-order valence-electron chi connectivity index (χ0n) is 11.8. The Morgan fingerprint density at radius 3 is 2.33 bits per heavy atom. The van der Waals surface area contributed by atoms with Gasteiger partial charge in [-0.25, -0.2) is 0 Å². The van der Waals surface area contributed by atoms with Crippen molar-refractivity contribution in [2.45, 2.75) is 0 Å². The lowest BCUT2D eigenvalue weighted by Crippen LogP contribution is -2.47. The van der Waals surface area contributed by atoms with E-state index in [9.17, 15) is 14.4 Å². The number of carbonyl (C=O) groups is 3. The minimum absolute atomic E-state index is 0.0315. The van der Waals surface area contributed by atoms with Gasteiger partial charge in [-0.3, -0.25) is 30.1 Å². The van der Waals surface area contributed by atoms with Crippen molar-refractivity contribution >= 4 is 29.3 Å². The molecule has 3 amide bonds. The van der Waals surface area contributed by atoms with E-state index in [-0.39, 0.29) is 24.6 Å². The molecule has 0 radical (unpaired) electrons. The van der Waals surface area contributed by atoms with Crippen LogP contribution >= 0.6 is 11.6 Å². The standard InChI is InChI=1S/C13H17ClN4O3/c1-15-11(19)7-18(2)8-12(20)16-17-13(21)9-5-3-4-6-10(9)14/h3-6H,7-8H2,1-2H3,(H,15,19)(H,16,20)(H,17,21). The number of hydrazine groups is 1. The molecule has 8 heteroatoms. The molecule has 114 valence electrons. The molecule has 0 saturated heterocycles. The van der Waals surface area contributed by atoms with Crippen LogP contribution in [0.4, 0.5) is 0 Å². The number of halogens is 1. The SMILES string of the molecule is CNC(=O)CN(C)CC(=O)NNC(=O)c1ccccc1Cl. The molecule has 0 aliphatic rings. The number of hydrogen-bond donors (Lipinski definition) is 3. The molecule has 0 atom stereocenters. The second-order valence-corrected chi connectivity index (χ2v) is 4.73. The van der Waals surface area contributed by atoms with Gasteiger partial charge in [0.25, 0.3) is 11.8 Å². The maximum atomic E-state index is 11.8. The summed E-state index contributed by atoms with van der Waals surface area (Å²) in [5.74, 6) is -1.16. The topological polar surface area (TPSA) is 90.5 Å². The van der Waals surface area contributed by atoms with Crippen molar-refractivity contribution in [1.82, 2.24) is 21.1 Å². The van der Waals surface area contributed by atoms with Crippen molar-refractivity contribution in [3.05, 3.63) is 34.9 Å². The van der Waals surface area contributed by atoms with E-state index in [0.29, 0.717) is 5.02 Å². The Morgan fingerprint density at radius 1 is 1.10 bits per heavy atom. The largest absolute Gasteiger partial charge is 0.358 e. The predicted octanol–water partition coefficient (Wildman–Crippen LogP) is -0.221. The van der Waals surface area contributed by atoms with E-state index in [1.165, 1.54) is 11.9 Å². The maximum absolute atomic E-state index is 11.8. The van der Waals surface area contributed by atoms with Crippen LogP contribution < -0.4 is 16.2 Å². The van der Waals surface area contributed by atoms with Gasteiger partial charge < -0.3 is 5.32 Å². The summed E-state index contributed by atoms with van der Waals surface area (Å²) >= 11 is 5.87. The van der Waals surface area contributed by atoms with Gasteiger partial charge in [-0.1, -0.05) is 23.7 Å². The van der Waals surface area contributed by atoms with Gasteiger partial charge in [0.05, 0.1) is 23.7 Å². The summed E-state index contributed by atoms with van der Waals surface area (Å²) in [6.45, 7) is 0.0542. The zero-order chi connectivity index (χ0) is 15.8. The number of likely N-dealkylation sites (N-methyl/N-ethyl adjacent to an activating group) is 2. The Balaban J connectivity index is 2.41. The molecule has 1 aromatic rings. The molecule has 7 nitrogen and oxygen atoms in total. The molecule has 3 N–H and O–H groups in total. The number of nitrogens with one attached hydrogen (secondary N) is 3. The van der Waals surface area contributed by atoms with Gasteiger partial charge in [-0.15, -0.1) is 0 Å². The highest BCUT2D eigenvalue weighted by Gasteiger charge is 2.12. The van der Waals surface area contributed by atoms with Crippen LogP contribution in [0.2, 0.25) is 5.02 Å². The number of amides is 3. The minimum atomic E-state index is -0.511. The highest BCUT2D eigenvalue weighted by atomic mass is 35.5. The van der Waals surface area contributed by atoms with Crippen LogP contribution in [0.1, 0.15) is 10.4 Å². The van der Waals surface area contributed by atoms with E-state index in [2.05, 4.69) is 16.2 Å². The summed E-state index contributed by atoms with van der Waals surface area (Å²) in [6.07, 6.45) is 0. The van der Waals surface area contributed by atoms with Crippen LogP contribution in [0.25, 0.3) is 0 Å². The van der Waals surface area contributed by atoms with Crippen LogP contribution in [0.15, 0.2) is 24.3 Å². The summed E-state index contributed by atoms with van der Waals surface area (Å²) in [5.41, 5.74) is 4.78. The van der Waals surface area contributed by atoms with E-state index in [1.54, 1.807) is 31.3 Å². The summed E-state index contributed by atoms with van der Waals surface area (Å²) in [7, 11) is 3.13. The van der Waals surface area contributed by atoms with Crippen LogP contribution in [0.5, 0.6) is 0 Å². The lowest BCUT2D eigenvalue weighted by molar-refractivity contribution is -0.124. The molecule has 0 saturated carbocycles. The number of rotatable bonds is 5. The molecule has 1 rings (SSSR count). The molecule has 0 aliphatic carbocycles. The molecular weight excluding hydrogens is 296 g/mol. The van der Waals surface area contributed by atoms with Gasteiger partial charge in [0.1, 0.15) is 0 Å². The number of nitrogens with zero attached hydrogens (tertiary/aromatic N) is 1. The van der Waals surface area contributed by atoms with Gasteiger partial charge >= 0.3 is 0 Å². The third-order valence-electron chi connectivity index (χ3n) is 2.54. The molecule has 1 aromatic carbocycles. The van der Waals surface area contributed by atoms with Gasteiger partial charge in [0.2, 0.25) is 5.91 Å². The van der Waals surface area contributed by atoms with Gasteiger partial charge in [-0.05, 0) is 19.2 Å². The minimum Gasteiger partial charge on any atom is -0.358 e. The van der Waals surface area contributed by atoms with E-state index in [0.717, 1.165) is 0 Å². The van der Waals surface area contributed by atoms with Crippen LogP contribution in [0.3, 0.4) is 0 Å². The van der Waals surface area contributed by atoms with Crippen LogP contribution in [0, 0.1) is 0 Å². The average Bonchev–Trinajstić information content (AvgIpc) is 2.44. The van der Waals surface area contributed by atoms with Crippen molar-refractivity contribution in [2.75, 3.05) is 27.2 Å². The monoisotopic (exact) mass is 312 g/mol. The predicted molar refractivity (Wildman–Crippen MR) is 78.6 cm³/mol. The zero-order valence-corrected chi connectivity index (χ0v) is 12.5. The summed E-state index contributed by atoms with van der Waals surface area (Å²) in [5, 5.41) is 2.74. The molecule has 0 spiro atoms. The summed E-state index contributed by atoms with van der Waals surface area (Å²) in [6, 6.07) is 6.49. The van der Waals surface area contributed by atoms with E-state index in [4.69, 9.17) is 11.6 Å². The first kappa shape index (κ1) is 16.9. The molecule has 0 aromatic heterocycles. The second-order valence-electron chi connectivity index (χ2n) is 4.33. The summed E-state index contributed by atoms with van der Waals surface area (Å²) in [4.78, 5) is 36.0. The van der Waals surface area contributed by atoms with Gasteiger partial charge in [0, 0.05) is 7.05 Å². The fourth-order valence-corrected chi connectivity index (χ4v) is 1.73. The molecule has 0 unspecified atom stereocenters. The average molecular weight is 313 g/mol. The molecule has 21 heavy (non-hydrogen) atoms. The number of hydrogen-bond acceptors (Lipinski definition) is 4. The first-order chi connectivity index (χ1) is 9.93. The smallest absolute Gasteiger partial charge is 0.271 e. The van der Waals surface area contributed by atoms with E-state index >= 15 is 0 Å². The van der Waals surface area contributed by atoms with Crippen LogP contribution in [-0.4, -0.2) is 49.8 Å². The number of carbonyl (C=O) groups excluding carboxylic acids is 3. The number of benzene rings is 1. The molecule has 0 fully saturated rings. The van der Waals surface area contributed by atoms with Crippen LogP contribution in [-0.2, 0) is 9.59 Å². The highest BCUT2D eigenvalue weighted by Crippen LogP contribution is 2.13. The molecule has 0 bridgehead atoms. The third kappa shape index (κ3) is 5.80. The Bertz CT molecular complexity index is 536. The molecule has 0 heterocycles. The quantitative estimate of drug-likeness (QED) is 0.656. The molecule has 0 aliphatic heterocycles. The van der Waals surface area contributed by atoms with E-state index < -0.39 is 11.8 Å². The van der Waals surface area contributed by atoms with Gasteiger partial charge in [0.15, 0.2) is 0 Å². The van der Waals surface area contributed by atoms with Crippen molar-refractivity contribution < 1.29 is 14.4 Å². The fourth-order valence-electron chi connectivity index (χ4n) is 1.50. The lowest BCUT2D eigenvalue weighted by Gasteiger charge is -2.15. The molecular formula is C13H17ClN4O3. The Kier molecular flexibility index (Phi) is 6.64. The van der Waals surface area contributed by atoms with Crippen molar-refractivity contribution in [3.63, 3.8) is 0 Å². The maximum Gasteiger partial charge on any atom is 0.271 e. The van der Waals surface area contributed by atoms with Crippen molar-refractivity contribution in [2.24, 2.45) is 0 Å². The van der Waals surface area contributed by atoms with E-state index in [1.807, 2.05) is 0 Å². The fraction of sp³-hybridized carbons (Fsp3) is 0.308. The normalized spacial score (nSPS) is 10.1. The Hall–Kier alpha value is -2.12. The Morgan fingerprint density at radius 2 is 1.71 bits per heavy atom. The Labute approximate surface area is 127 Å². The second kappa shape index (κ2) is 8.23. The first-order valence-electron chi connectivity index (χ1n) is 6.17. The third-order valence-corrected chi connectivity index (χ3v) is 2.87. The summed E-state index contributed by atoms with van der Waals surface area (Å²) < 4.78 is 0. The lowest BCUT2D eigenvalue weighted by atomic mass is 10.2. The first-order valence-corrected chi connectivity index (χ1v) is 6.54. The van der Waals surface area contributed by atoms with Crippen molar-refractivity contribution in [1.29, 1.82) is 0 Å². The van der Waals surface area contributed by atoms with Gasteiger partial charge in [-0.2, -0.15) is 0 Å².